The van der Waals surface area contributed by atoms with Crippen LogP contribution in [0.1, 0.15) is 43.5 Å². The van der Waals surface area contributed by atoms with Crippen molar-refractivity contribution in [2.24, 2.45) is 10.7 Å². The number of aliphatic imine (C=N–C) groups is 1. The maximum atomic E-state index is 13.0. The highest BCUT2D eigenvalue weighted by molar-refractivity contribution is 7.92. The van der Waals surface area contributed by atoms with Crippen molar-refractivity contribution in [2.45, 2.75) is 55.2 Å². The molecule has 4 heterocycles. The lowest BCUT2D eigenvalue weighted by atomic mass is 9.99. The second-order valence-corrected chi connectivity index (χ2v) is 15.1. The Balaban J connectivity index is 1.22. The maximum absolute atomic E-state index is 13.0. The smallest absolute Gasteiger partial charge is 0.194 e. The van der Waals surface area contributed by atoms with Crippen LogP contribution in [0.4, 0.5) is 11.4 Å². The van der Waals surface area contributed by atoms with Gasteiger partial charge in [-0.05, 0) is 63.6 Å². The minimum Gasteiger partial charge on any atom is -0.496 e. The van der Waals surface area contributed by atoms with Crippen molar-refractivity contribution in [1.82, 2.24) is 20.1 Å². The number of hydrogen-bond donors (Lipinski definition) is 4. The van der Waals surface area contributed by atoms with Crippen molar-refractivity contribution in [1.29, 1.82) is 0 Å². The first-order valence-electron chi connectivity index (χ1n) is 15.8. The number of H-pyrrole nitrogens is 1. The Hall–Kier alpha value is -3.58. The number of piperidine rings is 1. The number of sulfone groups is 1. The maximum Gasteiger partial charge on any atom is 0.194 e. The molecule has 3 aliphatic rings. The zero-order chi connectivity index (χ0) is 31.8. The molecule has 0 amide bonds. The monoisotopic (exact) mass is 634 g/mol. The number of ether oxygens (including phenoxy) is 1. The third kappa shape index (κ3) is 6.29. The van der Waals surface area contributed by atoms with Gasteiger partial charge < -0.3 is 30.2 Å². The Morgan fingerprint density at radius 2 is 1.76 bits per heavy atom. The first kappa shape index (κ1) is 31.4. The number of amidine groups is 1. The first-order chi connectivity index (χ1) is 21.6. The van der Waals surface area contributed by atoms with Gasteiger partial charge in [-0.3, -0.25) is 15.6 Å². The molecule has 12 heteroatoms. The Bertz CT molecular complexity index is 1640. The number of likely N-dealkylation sites (N-methyl/N-ethyl adjacent to an activating group) is 1. The molecule has 0 radical (unpaired) electrons. The van der Waals surface area contributed by atoms with Crippen molar-refractivity contribution >= 4 is 27.0 Å². The molecule has 45 heavy (non-hydrogen) atoms. The van der Waals surface area contributed by atoms with Gasteiger partial charge in [-0.25, -0.2) is 8.42 Å². The molecule has 11 nitrogen and oxygen atoms in total. The molecule has 2 fully saturated rings. The third-order valence-electron chi connectivity index (χ3n) is 9.43. The summed E-state index contributed by atoms with van der Waals surface area (Å²) in [5, 5.41) is 6.28. The molecular formula is C33H46N8O3S. The highest BCUT2D eigenvalue weighted by Crippen LogP contribution is 2.36. The van der Waals surface area contributed by atoms with Gasteiger partial charge in [0.2, 0.25) is 0 Å². The molecular weight excluding hydrogens is 588 g/mol. The predicted molar refractivity (Wildman–Crippen MR) is 180 cm³/mol. The number of nitrogens with two attached hydrogens (primary N) is 1. The quantitative estimate of drug-likeness (QED) is 0.295. The number of aromatic nitrogens is 1. The fourth-order valence-electron chi connectivity index (χ4n) is 6.62. The molecule has 3 aromatic rings. The molecule has 242 valence electrons. The minimum absolute atomic E-state index is 0.166. The summed E-state index contributed by atoms with van der Waals surface area (Å²) in [6.07, 6.45) is 4.12. The van der Waals surface area contributed by atoms with Crippen molar-refractivity contribution < 1.29 is 13.2 Å². The molecule has 0 saturated carbocycles. The number of aromatic amines is 1. The number of rotatable bonds is 8. The van der Waals surface area contributed by atoms with Gasteiger partial charge >= 0.3 is 0 Å². The molecule has 2 aromatic carbocycles. The lowest BCUT2D eigenvalue weighted by Crippen LogP contribution is -2.61. The molecule has 3 aliphatic heterocycles. The number of nitrogens with one attached hydrogen (secondary N) is 3. The van der Waals surface area contributed by atoms with E-state index in [0.717, 1.165) is 74.7 Å². The van der Waals surface area contributed by atoms with Gasteiger partial charge in [0, 0.05) is 63.3 Å². The molecule has 5 N–H and O–H groups in total. The second kappa shape index (κ2) is 12.7. The SMILES string of the molecule is COc1cc(N2CCC(N3CCN(C)CC3)CC2)ccc1C1(N)NC(=NCc2ccccc2S(=O)(=O)C(C)C)c2[nH]ccc2N1. The Morgan fingerprint density at radius 1 is 1.02 bits per heavy atom. The van der Waals surface area contributed by atoms with Crippen LogP contribution < -0.4 is 26.0 Å². The average Bonchev–Trinajstić information content (AvgIpc) is 3.52. The molecule has 0 aliphatic carbocycles. The predicted octanol–water partition coefficient (Wildman–Crippen LogP) is 3.15. The van der Waals surface area contributed by atoms with E-state index in [0.29, 0.717) is 28.1 Å². The summed E-state index contributed by atoms with van der Waals surface area (Å²) in [4.78, 5) is 15.9. The van der Waals surface area contributed by atoms with Gasteiger partial charge in [0.05, 0.1) is 35.1 Å². The van der Waals surface area contributed by atoms with Crippen LogP contribution in [0.3, 0.4) is 0 Å². The zero-order valence-electron chi connectivity index (χ0n) is 26.7. The topological polar surface area (TPSA) is 131 Å². The minimum atomic E-state index is -3.47. The van der Waals surface area contributed by atoms with E-state index in [9.17, 15) is 8.42 Å². The summed E-state index contributed by atoms with van der Waals surface area (Å²) < 4.78 is 32.0. The summed E-state index contributed by atoms with van der Waals surface area (Å²) >= 11 is 0. The van der Waals surface area contributed by atoms with E-state index in [1.54, 1.807) is 39.2 Å². The highest BCUT2D eigenvalue weighted by atomic mass is 32.2. The Kier molecular flexibility index (Phi) is 8.84. The van der Waals surface area contributed by atoms with Gasteiger partial charge in [0.1, 0.15) is 11.4 Å². The standard InChI is InChI=1S/C33H46N8O3S/c1-23(2)45(42,43)30-8-6-5-7-24(30)22-36-32-31-28(11-14-35-31)37-33(34,38-32)27-10-9-26(21-29(27)44-4)40-15-12-25(13-16-40)41-19-17-39(3)18-20-41/h5-11,14,21,23,25,35,37H,12-13,15-20,22,34H2,1-4H3,(H,36,38). The average molecular weight is 635 g/mol. The molecule has 6 rings (SSSR count). The summed E-state index contributed by atoms with van der Waals surface area (Å²) in [5.74, 6) is -0.0245. The molecule has 2 saturated heterocycles. The van der Waals surface area contributed by atoms with Crippen LogP contribution >= 0.6 is 0 Å². The first-order valence-corrected chi connectivity index (χ1v) is 17.4. The lowest BCUT2D eigenvalue weighted by Gasteiger charge is -2.43. The van der Waals surface area contributed by atoms with Crippen molar-refractivity contribution in [3.8, 4) is 5.75 Å². The Morgan fingerprint density at radius 3 is 2.47 bits per heavy atom. The van der Waals surface area contributed by atoms with Gasteiger partial charge in [-0.15, -0.1) is 0 Å². The van der Waals surface area contributed by atoms with Crippen LogP contribution in [-0.4, -0.2) is 93.8 Å². The van der Waals surface area contributed by atoms with Crippen LogP contribution in [0.2, 0.25) is 0 Å². The van der Waals surface area contributed by atoms with Crippen LogP contribution in [0.5, 0.6) is 5.75 Å². The van der Waals surface area contributed by atoms with Gasteiger partial charge in [-0.2, -0.15) is 0 Å². The summed E-state index contributed by atoms with van der Waals surface area (Å²) in [7, 11) is 0.398. The number of piperazine rings is 1. The molecule has 1 aromatic heterocycles. The summed E-state index contributed by atoms with van der Waals surface area (Å²) in [6, 6.07) is 15.8. The van der Waals surface area contributed by atoms with Crippen molar-refractivity contribution in [2.75, 3.05) is 63.6 Å². The molecule has 0 spiro atoms. The molecule has 0 bridgehead atoms. The van der Waals surface area contributed by atoms with Gasteiger partial charge in [0.25, 0.3) is 0 Å². The zero-order valence-corrected chi connectivity index (χ0v) is 27.5. The van der Waals surface area contributed by atoms with E-state index in [-0.39, 0.29) is 6.54 Å². The van der Waals surface area contributed by atoms with Crippen molar-refractivity contribution in [3.05, 3.63) is 71.5 Å². The van der Waals surface area contributed by atoms with Gasteiger partial charge in [-0.1, -0.05) is 18.2 Å². The lowest BCUT2D eigenvalue weighted by molar-refractivity contribution is 0.0982. The number of anilines is 2. The van der Waals surface area contributed by atoms with Crippen molar-refractivity contribution in [3.63, 3.8) is 0 Å². The van der Waals surface area contributed by atoms with E-state index in [2.05, 4.69) is 49.5 Å². The summed E-state index contributed by atoms with van der Waals surface area (Å²) in [5.41, 5.74) is 11.1. The van der Waals surface area contributed by atoms with Crippen LogP contribution in [0, 0.1) is 0 Å². The number of hydrogen-bond acceptors (Lipinski definition) is 9. The van der Waals surface area contributed by atoms with E-state index in [1.807, 2.05) is 24.4 Å². The van der Waals surface area contributed by atoms with E-state index < -0.39 is 20.9 Å². The van der Waals surface area contributed by atoms with Crippen LogP contribution in [0.15, 0.2) is 64.6 Å². The number of fused-ring (bicyclic) bond motifs is 1. The second-order valence-electron chi connectivity index (χ2n) is 12.6. The fourth-order valence-corrected chi connectivity index (χ4v) is 7.90. The van der Waals surface area contributed by atoms with Gasteiger partial charge in [0.15, 0.2) is 21.5 Å². The normalized spacial score (nSPS) is 22.7. The van der Waals surface area contributed by atoms with Crippen LogP contribution in [0.25, 0.3) is 0 Å². The van der Waals surface area contributed by atoms with E-state index in [1.165, 1.54) is 0 Å². The fraction of sp³-hybridized carbons (Fsp3) is 0.485. The molecule has 1 unspecified atom stereocenters. The van der Waals surface area contributed by atoms with E-state index in [4.69, 9.17) is 15.5 Å². The van der Waals surface area contributed by atoms with Crippen LogP contribution in [-0.2, 0) is 22.2 Å². The van der Waals surface area contributed by atoms with E-state index >= 15 is 0 Å². The number of nitrogens with zero attached hydrogens (tertiary/aromatic N) is 4. The number of methoxy groups -OCH3 is 1. The molecule has 1 atom stereocenters. The summed E-state index contributed by atoms with van der Waals surface area (Å²) in [6.45, 7) is 10.1. The largest absolute Gasteiger partial charge is 0.496 e. The highest BCUT2D eigenvalue weighted by Gasteiger charge is 2.38. The third-order valence-corrected chi connectivity index (χ3v) is 11.7. The number of benzene rings is 2. The Labute approximate surface area is 266 Å².